The maximum atomic E-state index is 12.6. The predicted octanol–water partition coefficient (Wildman–Crippen LogP) is 5.76. The molecule has 0 saturated carbocycles. The number of hydrogen-bond acceptors (Lipinski definition) is 4. The van der Waals surface area contributed by atoms with Gasteiger partial charge in [-0.3, -0.25) is 0 Å². The average molecular weight is 493 g/mol. The topological polar surface area (TPSA) is 49.9 Å². The van der Waals surface area contributed by atoms with E-state index in [0.717, 1.165) is 29.8 Å². The molecule has 1 aliphatic heterocycles. The first-order valence-corrected chi connectivity index (χ1v) is 13.9. The van der Waals surface area contributed by atoms with Crippen LogP contribution in [0, 0.1) is 11.8 Å². The summed E-state index contributed by atoms with van der Waals surface area (Å²) in [5.74, 6) is 7.07. The fourth-order valence-corrected chi connectivity index (χ4v) is 4.89. The van der Waals surface area contributed by atoms with Crippen LogP contribution in [0.1, 0.15) is 44.6 Å². The summed E-state index contributed by atoms with van der Waals surface area (Å²) in [5, 5.41) is 1.28. The number of hydrogen-bond donors (Lipinski definition) is 0. The fourth-order valence-electron chi connectivity index (χ4n) is 3.76. The molecule has 5 nitrogen and oxygen atoms in total. The van der Waals surface area contributed by atoms with Crippen LogP contribution < -0.4 is 9.64 Å². The Hall–Kier alpha value is -3.01. The van der Waals surface area contributed by atoms with E-state index >= 15 is 0 Å². The fraction of sp³-hybridized carbons (Fsp3) is 0.379. The molecule has 0 bridgehead atoms. The summed E-state index contributed by atoms with van der Waals surface area (Å²) in [6, 6.07) is 18.1. The van der Waals surface area contributed by atoms with Gasteiger partial charge in [-0.25, -0.2) is 8.42 Å². The Morgan fingerprint density at radius 3 is 2.37 bits per heavy atom. The summed E-state index contributed by atoms with van der Waals surface area (Å²) < 4.78 is 32.7. The van der Waals surface area contributed by atoms with Gasteiger partial charge in [0.2, 0.25) is 10.0 Å². The largest absolute Gasteiger partial charge is 0.489 e. The second kappa shape index (κ2) is 14.4. The summed E-state index contributed by atoms with van der Waals surface area (Å²) in [6.45, 7) is 4.95. The molecule has 1 saturated heterocycles. The molecule has 2 aromatic rings. The Balaban J connectivity index is 1.41. The van der Waals surface area contributed by atoms with Gasteiger partial charge in [0.15, 0.2) is 0 Å². The molecule has 0 amide bonds. The Kier molecular flexibility index (Phi) is 10.9. The van der Waals surface area contributed by atoms with Crippen molar-refractivity contribution in [2.45, 2.75) is 45.6 Å². The highest BCUT2D eigenvalue weighted by Crippen LogP contribution is 2.22. The van der Waals surface area contributed by atoms with Crippen molar-refractivity contribution < 1.29 is 13.2 Å². The minimum Gasteiger partial charge on any atom is -0.489 e. The van der Waals surface area contributed by atoms with Gasteiger partial charge in [-0.1, -0.05) is 68.2 Å². The van der Waals surface area contributed by atoms with E-state index < -0.39 is 10.0 Å². The molecular weight excluding hydrogens is 456 g/mol. The zero-order valence-corrected chi connectivity index (χ0v) is 21.4. The molecule has 0 radical (unpaired) electrons. The number of rotatable bonds is 11. The number of piperazine rings is 1. The maximum Gasteiger partial charge on any atom is 0.236 e. The van der Waals surface area contributed by atoms with Crippen molar-refractivity contribution in [2.24, 2.45) is 0 Å². The van der Waals surface area contributed by atoms with Gasteiger partial charge in [-0.05, 0) is 42.3 Å². The molecule has 0 aromatic heterocycles. The van der Waals surface area contributed by atoms with Crippen molar-refractivity contribution in [3.63, 3.8) is 0 Å². The van der Waals surface area contributed by atoms with Crippen molar-refractivity contribution in [1.29, 1.82) is 0 Å². The van der Waals surface area contributed by atoms with Gasteiger partial charge in [0.25, 0.3) is 0 Å². The number of unbranched alkanes of at least 4 members (excludes halogenated alkanes) is 3. The Bertz CT molecular complexity index is 1110. The number of sulfonamides is 1. The molecule has 1 heterocycles. The quantitative estimate of drug-likeness (QED) is 0.227. The summed E-state index contributed by atoms with van der Waals surface area (Å²) in [6.07, 6.45) is 10.4. The lowest BCUT2D eigenvalue weighted by Gasteiger charge is -2.34. The third-order valence-electron chi connectivity index (χ3n) is 5.80. The van der Waals surface area contributed by atoms with Gasteiger partial charge in [0.1, 0.15) is 12.4 Å². The van der Waals surface area contributed by atoms with E-state index in [4.69, 9.17) is 4.74 Å². The van der Waals surface area contributed by atoms with Gasteiger partial charge in [0.05, 0.1) is 0 Å². The molecule has 0 atom stereocenters. The zero-order chi connectivity index (χ0) is 24.8. The molecule has 0 spiro atoms. The summed E-state index contributed by atoms with van der Waals surface area (Å²) in [5.41, 5.74) is 2.20. The number of benzene rings is 2. The highest BCUT2D eigenvalue weighted by atomic mass is 32.2. The average Bonchev–Trinajstić information content (AvgIpc) is 2.89. The standard InChI is InChI=1S/C29H36N2O3S/c1-2-3-4-5-6-7-8-9-10-14-25-35(32,33)31-23-21-30(22-24-31)28-17-19-29(20-18-28)34-26-27-15-12-11-13-16-27/h9-20,25H,2-5,8,21-24,26H2,1H3/b10-9+,25-14+. The SMILES string of the molecule is CCCCCC#CC/C=C/C=C/S(=O)(=O)N1CCN(c2ccc(OCc3ccccc3)cc2)CC1. The number of nitrogens with zero attached hydrogens (tertiary/aromatic N) is 2. The van der Waals surface area contributed by atoms with Crippen molar-refractivity contribution >= 4 is 15.7 Å². The van der Waals surface area contributed by atoms with Crippen LogP contribution in [0.3, 0.4) is 0 Å². The van der Waals surface area contributed by atoms with Crippen LogP contribution in [0.4, 0.5) is 5.69 Å². The van der Waals surface area contributed by atoms with Crippen LogP contribution in [0.25, 0.3) is 0 Å². The van der Waals surface area contributed by atoms with E-state index in [2.05, 4.69) is 23.7 Å². The van der Waals surface area contributed by atoms with Gasteiger partial charge in [-0.15, -0.1) is 5.92 Å². The van der Waals surface area contributed by atoms with E-state index in [1.54, 1.807) is 16.5 Å². The Morgan fingerprint density at radius 2 is 1.66 bits per heavy atom. The molecule has 3 rings (SSSR count). The highest BCUT2D eigenvalue weighted by molar-refractivity contribution is 7.92. The third kappa shape index (κ3) is 9.28. The molecule has 1 fully saturated rings. The first-order chi connectivity index (χ1) is 17.1. The van der Waals surface area contributed by atoms with Crippen LogP contribution in [0.5, 0.6) is 5.75 Å². The van der Waals surface area contributed by atoms with Gasteiger partial charge in [-0.2, -0.15) is 4.31 Å². The van der Waals surface area contributed by atoms with Crippen molar-refractivity contribution in [1.82, 2.24) is 4.31 Å². The van der Waals surface area contributed by atoms with Crippen LogP contribution >= 0.6 is 0 Å². The minimum absolute atomic E-state index is 0.464. The molecule has 6 heteroatoms. The normalized spacial score (nSPS) is 14.8. The molecule has 0 N–H and O–H groups in total. The summed E-state index contributed by atoms with van der Waals surface area (Å²) in [7, 11) is -3.42. The molecular formula is C29H36N2O3S. The molecule has 1 aliphatic rings. The van der Waals surface area contributed by atoms with E-state index in [9.17, 15) is 8.42 Å². The lowest BCUT2D eigenvalue weighted by atomic mass is 10.2. The maximum absolute atomic E-state index is 12.6. The van der Waals surface area contributed by atoms with Gasteiger partial charge < -0.3 is 9.64 Å². The molecule has 0 unspecified atom stereocenters. The van der Waals surface area contributed by atoms with Crippen LogP contribution in [-0.2, 0) is 16.6 Å². The first-order valence-electron chi connectivity index (χ1n) is 12.4. The summed E-state index contributed by atoms with van der Waals surface area (Å²) in [4.78, 5) is 2.20. The van der Waals surface area contributed by atoms with E-state index in [1.807, 2.05) is 60.7 Å². The molecule has 35 heavy (non-hydrogen) atoms. The van der Waals surface area contributed by atoms with E-state index in [-0.39, 0.29) is 0 Å². The monoisotopic (exact) mass is 492 g/mol. The van der Waals surface area contributed by atoms with Crippen molar-refractivity contribution in [3.05, 3.63) is 83.8 Å². The molecule has 186 valence electrons. The van der Waals surface area contributed by atoms with Crippen LogP contribution in [0.2, 0.25) is 0 Å². The van der Waals surface area contributed by atoms with Crippen molar-refractivity contribution in [2.75, 3.05) is 31.1 Å². The van der Waals surface area contributed by atoms with Crippen LogP contribution in [0.15, 0.2) is 78.2 Å². The predicted molar refractivity (Wildman–Crippen MR) is 145 cm³/mol. The Morgan fingerprint density at radius 1 is 0.914 bits per heavy atom. The number of ether oxygens (including phenoxy) is 1. The molecule has 0 aliphatic carbocycles. The van der Waals surface area contributed by atoms with E-state index in [0.29, 0.717) is 39.2 Å². The second-order valence-corrected chi connectivity index (χ2v) is 10.3. The third-order valence-corrected chi connectivity index (χ3v) is 7.38. The first kappa shape index (κ1) is 26.6. The van der Waals surface area contributed by atoms with Crippen molar-refractivity contribution in [3.8, 4) is 17.6 Å². The lowest BCUT2D eigenvalue weighted by molar-refractivity contribution is 0.306. The smallest absolute Gasteiger partial charge is 0.236 e. The van der Waals surface area contributed by atoms with Gasteiger partial charge >= 0.3 is 0 Å². The minimum atomic E-state index is -3.42. The Labute approximate surface area is 211 Å². The second-order valence-electron chi connectivity index (χ2n) is 8.47. The van der Waals surface area contributed by atoms with Crippen LogP contribution in [-0.4, -0.2) is 38.9 Å². The lowest BCUT2D eigenvalue weighted by Crippen LogP contribution is -2.48. The summed E-state index contributed by atoms with van der Waals surface area (Å²) >= 11 is 0. The van der Waals surface area contributed by atoms with E-state index in [1.165, 1.54) is 18.2 Å². The number of anilines is 1. The highest BCUT2D eigenvalue weighted by Gasteiger charge is 2.25. The molecule has 2 aromatic carbocycles. The van der Waals surface area contributed by atoms with Gasteiger partial charge in [0, 0.05) is 50.1 Å². The zero-order valence-electron chi connectivity index (χ0n) is 20.6. The number of allylic oxidation sites excluding steroid dienone is 3.